The molecule has 1 aliphatic heterocycles. The highest BCUT2D eigenvalue weighted by molar-refractivity contribution is 6.01. The zero-order valence-corrected chi connectivity index (χ0v) is 5.74. The average molecular weight is 153 g/mol. The van der Waals surface area contributed by atoms with Crippen molar-refractivity contribution in [1.82, 2.24) is 0 Å². The molecule has 0 bridgehead atoms. The lowest BCUT2D eigenvalue weighted by Gasteiger charge is -1.92. The van der Waals surface area contributed by atoms with Crippen LogP contribution in [0.4, 0.5) is 0 Å². The van der Waals surface area contributed by atoms with E-state index < -0.39 is 11.9 Å². The number of carbonyl (C=O) groups excluding carboxylic acids is 2. The van der Waals surface area contributed by atoms with E-state index in [0.29, 0.717) is 0 Å². The van der Waals surface area contributed by atoms with Gasteiger partial charge in [-0.15, -0.1) is 0 Å². The molecule has 4 nitrogen and oxygen atoms in total. The predicted octanol–water partition coefficient (Wildman–Crippen LogP) is -0.489. The van der Waals surface area contributed by atoms with Crippen molar-refractivity contribution in [3.05, 3.63) is 23.8 Å². The van der Waals surface area contributed by atoms with Crippen molar-refractivity contribution in [3.8, 4) is 0 Å². The summed E-state index contributed by atoms with van der Waals surface area (Å²) in [4.78, 5) is 21.2. The summed E-state index contributed by atoms with van der Waals surface area (Å²) in [5.41, 5.74) is 5.11. The highest BCUT2D eigenvalue weighted by atomic mass is 16.5. The van der Waals surface area contributed by atoms with Gasteiger partial charge < -0.3 is 10.5 Å². The highest BCUT2D eigenvalue weighted by Crippen LogP contribution is 2.01. The fraction of sp³-hybridized carbons (Fsp3) is 0.143. The molecule has 0 fully saturated rings. The molecule has 1 amide bonds. The second-order valence-corrected chi connectivity index (χ2v) is 2.00. The summed E-state index contributed by atoms with van der Waals surface area (Å²) in [5.74, 6) is -1.16. The number of hydrogen-bond acceptors (Lipinski definition) is 3. The summed E-state index contributed by atoms with van der Waals surface area (Å²) in [6, 6.07) is 0. The van der Waals surface area contributed by atoms with Gasteiger partial charge >= 0.3 is 5.97 Å². The molecule has 0 radical (unpaired) electrons. The number of hydrogen-bond donors (Lipinski definition) is 1. The number of primary amides is 1. The van der Waals surface area contributed by atoms with E-state index in [-0.39, 0.29) is 12.2 Å². The van der Waals surface area contributed by atoms with Crippen molar-refractivity contribution in [1.29, 1.82) is 0 Å². The van der Waals surface area contributed by atoms with Crippen LogP contribution in [0.15, 0.2) is 23.8 Å². The number of carbonyl (C=O) groups is 2. The Kier molecular flexibility index (Phi) is 2.06. The summed E-state index contributed by atoms with van der Waals surface area (Å²) < 4.78 is 4.57. The predicted molar refractivity (Wildman–Crippen MR) is 37.4 cm³/mol. The van der Waals surface area contributed by atoms with E-state index in [1.807, 2.05) is 0 Å². The molecule has 1 aliphatic rings. The normalized spacial score (nSPS) is 16.7. The Bertz CT molecular complexity index is 252. The maximum Gasteiger partial charge on any atom is 0.331 e. The Morgan fingerprint density at radius 3 is 3.00 bits per heavy atom. The van der Waals surface area contributed by atoms with Crippen LogP contribution < -0.4 is 5.73 Å². The van der Waals surface area contributed by atoms with Crippen LogP contribution in [0.25, 0.3) is 0 Å². The summed E-state index contributed by atoms with van der Waals surface area (Å²) in [6.07, 6.45) is 4.10. The molecule has 0 aromatic heterocycles. The molecule has 1 rings (SSSR count). The fourth-order valence-corrected chi connectivity index (χ4v) is 0.675. The molecule has 4 heteroatoms. The van der Waals surface area contributed by atoms with Crippen LogP contribution >= 0.6 is 0 Å². The molecule has 58 valence electrons. The molecular formula is C7H7NO3. The van der Waals surface area contributed by atoms with Crippen molar-refractivity contribution >= 4 is 11.9 Å². The summed E-state index contributed by atoms with van der Waals surface area (Å²) in [6.45, 7) is 0.187. The third-order valence-electron chi connectivity index (χ3n) is 1.18. The van der Waals surface area contributed by atoms with E-state index >= 15 is 0 Å². The van der Waals surface area contributed by atoms with E-state index in [2.05, 4.69) is 4.74 Å². The third-order valence-corrected chi connectivity index (χ3v) is 1.18. The molecule has 0 aromatic carbocycles. The molecule has 0 atom stereocenters. The van der Waals surface area contributed by atoms with Gasteiger partial charge in [0.25, 0.3) is 0 Å². The molecule has 0 spiro atoms. The van der Waals surface area contributed by atoms with Gasteiger partial charge in [0.05, 0.1) is 0 Å². The lowest BCUT2D eigenvalue weighted by atomic mass is 10.2. The number of rotatable bonds is 1. The minimum Gasteiger partial charge on any atom is -0.458 e. The molecule has 0 saturated heterocycles. The molecule has 0 aromatic rings. The van der Waals surface area contributed by atoms with Crippen LogP contribution in [0.3, 0.4) is 0 Å². The first kappa shape index (κ1) is 7.53. The number of cyclic esters (lactones) is 1. The second kappa shape index (κ2) is 3.01. The van der Waals surface area contributed by atoms with Crippen LogP contribution in [-0.2, 0) is 14.3 Å². The molecule has 2 N–H and O–H groups in total. The van der Waals surface area contributed by atoms with Crippen molar-refractivity contribution in [2.45, 2.75) is 0 Å². The summed E-state index contributed by atoms with van der Waals surface area (Å²) >= 11 is 0. The molecule has 0 saturated carbocycles. The van der Waals surface area contributed by atoms with Gasteiger partial charge in [0.2, 0.25) is 5.91 Å². The van der Waals surface area contributed by atoms with Crippen LogP contribution in [0.2, 0.25) is 0 Å². The molecular weight excluding hydrogens is 146 g/mol. The first-order valence-corrected chi connectivity index (χ1v) is 3.05. The highest BCUT2D eigenvalue weighted by Gasteiger charge is 2.07. The molecule has 1 heterocycles. The quantitative estimate of drug-likeness (QED) is 0.517. The van der Waals surface area contributed by atoms with Crippen molar-refractivity contribution < 1.29 is 14.3 Å². The van der Waals surface area contributed by atoms with Gasteiger partial charge in [-0.25, -0.2) is 4.79 Å². The first-order valence-electron chi connectivity index (χ1n) is 3.05. The van der Waals surface area contributed by atoms with E-state index in [1.165, 1.54) is 6.08 Å². The Balaban J connectivity index is 2.88. The van der Waals surface area contributed by atoms with Crippen molar-refractivity contribution in [2.75, 3.05) is 6.61 Å². The maximum absolute atomic E-state index is 10.7. The SMILES string of the molecule is NC(=O)C1=CC(=O)OCC=C1. The topological polar surface area (TPSA) is 69.4 Å². The Hall–Kier alpha value is -1.58. The van der Waals surface area contributed by atoms with Gasteiger partial charge in [0.15, 0.2) is 0 Å². The van der Waals surface area contributed by atoms with E-state index in [0.717, 1.165) is 6.08 Å². The smallest absolute Gasteiger partial charge is 0.331 e. The number of amides is 1. The maximum atomic E-state index is 10.7. The van der Waals surface area contributed by atoms with Crippen LogP contribution in [0, 0.1) is 0 Å². The Morgan fingerprint density at radius 2 is 2.36 bits per heavy atom. The van der Waals surface area contributed by atoms with Crippen LogP contribution in [0.5, 0.6) is 0 Å². The lowest BCUT2D eigenvalue weighted by Crippen LogP contribution is -2.13. The summed E-state index contributed by atoms with van der Waals surface area (Å²) in [5, 5.41) is 0. The number of esters is 1. The Morgan fingerprint density at radius 1 is 1.64 bits per heavy atom. The average Bonchev–Trinajstić information content (AvgIpc) is 2.13. The van der Waals surface area contributed by atoms with Crippen LogP contribution in [0.1, 0.15) is 0 Å². The third kappa shape index (κ3) is 1.93. The minimum atomic E-state index is -0.625. The van der Waals surface area contributed by atoms with Crippen molar-refractivity contribution in [3.63, 3.8) is 0 Å². The van der Waals surface area contributed by atoms with E-state index in [1.54, 1.807) is 6.08 Å². The van der Waals surface area contributed by atoms with Gasteiger partial charge in [-0.1, -0.05) is 0 Å². The van der Waals surface area contributed by atoms with Crippen LogP contribution in [-0.4, -0.2) is 18.5 Å². The zero-order valence-electron chi connectivity index (χ0n) is 5.74. The minimum absolute atomic E-state index is 0.174. The Labute approximate surface area is 63.3 Å². The summed E-state index contributed by atoms with van der Waals surface area (Å²) in [7, 11) is 0. The largest absolute Gasteiger partial charge is 0.458 e. The van der Waals surface area contributed by atoms with Gasteiger partial charge in [0, 0.05) is 11.6 Å². The second-order valence-electron chi connectivity index (χ2n) is 2.00. The van der Waals surface area contributed by atoms with Gasteiger partial charge in [-0.05, 0) is 12.2 Å². The van der Waals surface area contributed by atoms with Gasteiger partial charge in [-0.2, -0.15) is 0 Å². The standard InChI is InChI=1S/C7H7NO3/c8-7(10)5-2-1-3-11-6(9)4-5/h1-2,4H,3H2,(H2,8,10). The first-order chi connectivity index (χ1) is 5.20. The van der Waals surface area contributed by atoms with E-state index in [9.17, 15) is 9.59 Å². The monoisotopic (exact) mass is 153 g/mol. The molecule has 0 aliphatic carbocycles. The fourth-order valence-electron chi connectivity index (χ4n) is 0.675. The van der Waals surface area contributed by atoms with Gasteiger partial charge in [-0.3, -0.25) is 4.79 Å². The number of nitrogens with two attached hydrogens (primary N) is 1. The van der Waals surface area contributed by atoms with E-state index in [4.69, 9.17) is 5.73 Å². The number of ether oxygens (including phenoxy) is 1. The zero-order chi connectivity index (χ0) is 8.27. The lowest BCUT2D eigenvalue weighted by molar-refractivity contribution is -0.136. The van der Waals surface area contributed by atoms with Gasteiger partial charge in [0.1, 0.15) is 6.61 Å². The molecule has 11 heavy (non-hydrogen) atoms. The van der Waals surface area contributed by atoms with Crippen molar-refractivity contribution in [2.24, 2.45) is 5.73 Å². The molecule has 0 unspecified atom stereocenters.